The van der Waals surface area contributed by atoms with Crippen molar-refractivity contribution in [2.24, 2.45) is 0 Å². The van der Waals surface area contributed by atoms with Crippen LogP contribution in [0.15, 0.2) is 0 Å². The maximum absolute atomic E-state index is 9.12. The quantitative estimate of drug-likeness (QED) is 0.218. The first-order valence-corrected chi connectivity index (χ1v) is 5.91. The summed E-state index contributed by atoms with van der Waals surface area (Å²) in [7, 11) is -4.64. The van der Waals surface area contributed by atoms with Gasteiger partial charge >= 0.3 is 7.82 Å². The molecule has 5 atom stereocenters. The summed E-state index contributed by atoms with van der Waals surface area (Å²) in [5, 5.41) is 44.7. The Morgan fingerprint density at radius 2 is 1.35 bits per heavy atom. The largest absolute Gasteiger partial charge is 0.466 e. The molecule has 0 aliphatic carbocycles. The summed E-state index contributed by atoms with van der Waals surface area (Å²) in [4.78, 5) is 21.6. The molecule has 104 valence electrons. The zero-order valence-corrected chi connectivity index (χ0v) is 9.33. The number of hydrogen-bond donors (Lipinski definition) is 8. The van der Waals surface area contributed by atoms with Gasteiger partial charge < -0.3 is 44.9 Å². The van der Waals surface area contributed by atoms with Crippen molar-refractivity contribution in [2.45, 2.75) is 30.7 Å². The molecule has 8 N–H and O–H groups in total. The van der Waals surface area contributed by atoms with E-state index in [1.54, 1.807) is 0 Å². The highest BCUT2D eigenvalue weighted by molar-refractivity contribution is 7.45. The van der Waals surface area contributed by atoms with Crippen LogP contribution >= 0.6 is 7.82 Å². The van der Waals surface area contributed by atoms with Crippen LogP contribution in [0.4, 0.5) is 0 Å². The van der Waals surface area contributed by atoms with Crippen LogP contribution in [-0.4, -0.2) is 77.5 Å². The van der Waals surface area contributed by atoms with E-state index in [9.17, 15) is 0 Å². The second kappa shape index (κ2) is 6.71. The third-order valence-corrected chi connectivity index (χ3v) is 1.87. The van der Waals surface area contributed by atoms with Gasteiger partial charge in [-0.3, -0.25) is 0 Å². The minimum Gasteiger partial charge on any atom is -0.394 e. The molecule has 0 bridgehead atoms. The molecule has 0 unspecified atom stereocenters. The van der Waals surface area contributed by atoms with Gasteiger partial charge in [-0.05, 0) is 0 Å². The molecule has 0 radical (unpaired) electrons. The monoisotopic (exact) mass is 278 g/mol. The molecule has 1 aliphatic heterocycles. The molecule has 1 fully saturated rings. The highest BCUT2D eigenvalue weighted by atomic mass is 31.2. The molecule has 0 amide bonds. The fourth-order valence-electron chi connectivity index (χ4n) is 1.08. The Morgan fingerprint density at radius 1 is 0.941 bits per heavy atom. The number of aliphatic hydroxyl groups excluding tert-OH is 5. The molecule has 11 heteroatoms. The Bertz CT molecular complexity index is 253. The Balaban J connectivity index is 0.000000437. The summed E-state index contributed by atoms with van der Waals surface area (Å²) in [6.45, 7) is -0.526. The van der Waals surface area contributed by atoms with Crippen molar-refractivity contribution in [1.29, 1.82) is 0 Å². The van der Waals surface area contributed by atoms with Crippen molar-refractivity contribution in [3.63, 3.8) is 0 Å². The van der Waals surface area contributed by atoms with Crippen LogP contribution in [0.5, 0.6) is 0 Å². The van der Waals surface area contributed by atoms with Crippen molar-refractivity contribution >= 4 is 7.82 Å². The molecule has 1 saturated heterocycles. The second-order valence-corrected chi connectivity index (χ2v) is 4.26. The van der Waals surface area contributed by atoms with E-state index in [-0.39, 0.29) is 0 Å². The highest BCUT2D eigenvalue weighted by Crippen LogP contribution is 2.25. The van der Waals surface area contributed by atoms with Crippen molar-refractivity contribution in [3.8, 4) is 0 Å². The van der Waals surface area contributed by atoms with Crippen LogP contribution in [0.3, 0.4) is 0 Å². The first-order valence-electron chi connectivity index (χ1n) is 4.34. The van der Waals surface area contributed by atoms with Gasteiger partial charge in [0.15, 0.2) is 6.29 Å². The summed E-state index contributed by atoms with van der Waals surface area (Å²) in [5.74, 6) is 0. The zero-order chi connectivity index (χ0) is 13.8. The summed E-state index contributed by atoms with van der Waals surface area (Å²) in [5.41, 5.74) is 0. The van der Waals surface area contributed by atoms with Crippen LogP contribution in [0.1, 0.15) is 0 Å². The molecule has 10 nitrogen and oxygen atoms in total. The lowest BCUT2D eigenvalue weighted by Gasteiger charge is -2.37. The van der Waals surface area contributed by atoms with Gasteiger partial charge in [-0.25, -0.2) is 4.57 Å². The van der Waals surface area contributed by atoms with E-state index >= 15 is 0 Å². The molecule has 1 aliphatic rings. The van der Waals surface area contributed by atoms with Crippen LogP contribution in [0.25, 0.3) is 0 Å². The smallest absolute Gasteiger partial charge is 0.394 e. The number of rotatable bonds is 1. The van der Waals surface area contributed by atoms with Gasteiger partial charge in [0.25, 0.3) is 0 Å². The lowest BCUT2D eigenvalue weighted by atomic mass is 10.00. The Labute approximate surface area is 95.6 Å². The van der Waals surface area contributed by atoms with Crippen molar-refractivity contribution in [3.05, 3.63) is 0 Å². The fourth-order valence-corrected chi connectivity index (χ4v) is 1.08. The van der Waals surface area contributed by atoms with Crippen LogP contribution in [0.2, 0.25) is 0 Å². The van der Waals surface area contributed by atoms with Gasteiger partial charge in [0, 0.05) is 0 Å². The van der Waals surface area contributed by atoms with Gasteiger partial charge in [0.1, 0.15) is 24.4 Å². The number of ether oxygens (including phenoxy) is 1. The molecule has 0 spiro atoms. The van der Waals surface area contributed by atoms with Gasteiger partial charge in [-0.2, -0.15) is 0 Å². The van der Waals surface area contributed by atoms with Crippen LogP contribution in [-0.2, 0) is 9.30 Å². The molecule has 17 heavy (non-hydrogen) atoms. The maximum atomic E-state index is 9.12. The molecular weight excluding hydrogens is 263 g/mol. The average molecular weight is 278 g/mol. The van der Waals surface area contributed by atoms with E-state index < -0.39 is 45.1 Å². The Kier molecular flexibility index (Phi) is 6.66. The van der Waals surface area contributed by atoms with Crippen LogP contribution < -0.4 is 0 Å². The third-order valence-electron chi connectivity index (χ3n) is 1.87. The standard InChI is InChI=1S/C6H12O6.H3O4P/c7-1-2-3(8)4(9)5(10)6(11)12-2;1-5(2,3)4/h2-11H,1H2;(H3,1,2,3,4)/t2-,3+,4+,5-,6+;/m1./s1. The minimum atomic E-state index is -4.64. The van der Waals surface area contributed by atoms with Crippen molar-refractivity contribution in [1.82, 2.24) is 0 Å². The van der Waals surface area contributed by atoms with Gasteiger partial charge in [0.05, 0.1) is 6.61 Å². The number of hydrogen-bond acceptors (Lipinski definition) is 7. The normalized spacial score (nSPS) is 38.2. The maximum Gasteiger partial charge on any atom is 0.466 e. The van der Waals surface area contributed by atoms with Crippen molar-refractivity contribution < 1.29 is 49.5 Å². The molecule has 0 aromatic carbocycles. The summed E-state index contributed by atoms with van der Waals surface area (Å²) in [6, 6.07) is 0. The van der Waals surface area contributed by atoms with E-state index in [4.69, 9.17) is 44.8 Å². The first kappa shape index (κ1) is 16.9. The summed E-state index contributed by atoms with van der Waals surface area (Å²) >= 11 is 0. The van der Waals surface area contributed by atoms with Crippen LogP contribution in [0, 0.1) is 0 Å². The topological polar surface area (TPSA) is 188 Å². The number of aliphatic hydroxyl groups is 5. The first-order chi connectivity index (χ1) is 7.57. The predicted molar refractivity (Wildman–Crippen MR) is 50.2 cm³/mol. The number of phosphoric acid groups is 1. The predicted octanol–water partition coefficient (Wildman–Crippen LogP) is -4.15. The molecule has 1 heterocycles. The Morgan fingerprint density at radius 3 is 1.71 bits per heavy atom. The average Bonchev–Trinajstić information content (AvgIpc) is 2.18. The lowest BCUT2D eigenvalue weighted by molar-refractivity contribution is -0.286. The van der Waals surface area contributed by atoms with E-state index in [2.05, 4.69) is 4.74 Å². The van der Waals surface area contributed by atoms with E-state index in [0.717, 1.165) is 0 Å². The zero-order valence-electron chi connectivity index (χ0n) is 8.44. The lowest BCUT2D eigenvalue weighted by Crippen LogP contribution is -2.58. The molecular formula is C6H15O10P. The fraction of sp³-hybridized carbons (Fsp3) is 1.00. The van der Waals surface area contributed by atoms with Gasteiger partial charge in [-0.15, -0.1) is 0 Å². The molecule has 1 rings (SSSR count). The van der Waals surface area contributed by atoms with E-state index in [1.165, 1.54) is 0 Å². The molecule has 0 aromatic rings. The van der Waals surface area contributed by atoms with E-state index in [1.807, 2.05) is 0 Å². The third kappa shape index (κ3) is 6.38. The van der Waals surface area contributed by atoms with Crippen molar-refractivity contribution in [2.75, 3.05) is 6.61 Å². The molecule has 0 saturated carbocycles. The summed E-state index contributed by atoms with van der Waals surface area (Å²) < 4.78 is 13.5. The van der Waals surface area contributed by atoms with E-state index in [0.29, 0.717) is 0 Å². The molecule has 0 aromatic heterocycles. The SMILES string of the molecule is O=P(O)(O)O.OC[C@H]1O[C@H](O)[C@H](O)[C@@H](O)[C@H]1O. The second-order valence-electron chi connectivity index (χ2n) is 3.23. The highest BCUT2D eigenvalue weighted by Gasteiger charge is 2.42. The van der Waals surface area contributed by atoms with Gasteiger partial charge in [0.2, 0.25) is 0 Å². The van der Waals surface area contributed by atoms with Gasteiger partial charge in [-0.1, -0.05) is 0 Å². The minimum absolute atomic E-state index is 0.526. The summed E-state index contributed by atoms with van der Waals surface area (Å²) in [6.07, 6.45) is -7.04. The Hall–Kier alpha value is -0.130.